The lowest BCUT2D eigenvalue weighted by molar-refractivity contribution is 0.189. The molecule has 27 heavy (non-hydrogen) atoms. The van der Waals surface area contributed by atoms with Crippen molar-refractivity contribution in [2.24, 2.45) is 5.92 Å². The van der Waals surface area contributed by atoms with Gasteiger partial charge in [-0.15, -0.1) is 0 Å². The van der Waals surface area contributed by atoms with Crippen LogP contribution in [0.25, 0.3) is 6.08 Å². The summed E-state index contributed by atoms with van der Waals surface area (Å²) >= 11 is 0. The second-order valence-electron chi connectivity index (χ2n) is 7.99. The summed E-state index contributed by atoms with van der Waals surface area (Å²) in [7, 11) is 0. The van der Waals surface area contributed by atoms with Gasteiger partial charge in [-0.1, -0.05) is 48.0 Å². The molecule has 2 aromatic rings. The predicted molar refractivity (Wildman–Crippen MR) is 110 cm³/mol. The van der Waals surface area contributed by atoms with Crippen molar-refractivity contribution in [1.29, 1.82) is 0 Å². The van der Waals surface area contributed by atoms with Crippen molar-refractivity contribution in [2.75, 3.05) is 13.1 Å². The zero-order valence-electron chi connectivity index (χ0n) is 16.0. The standard InChI is InChI=1S/C23H29N3O/c1-17(14-18-6-3-2-4-7-18)21-15-22(21)25-20-9-12-26(13-10-20)16-19-8-5-11-24-23(19)27/h2-8,11,14,20-22,25H,9-10,12-13,15-16H2,1H3,(H,24,27)/b17-14+/t21-,22+/m0/s1. The minimum absolute atomic E-state index is 0.0410. The van der Waals surface area contributed by atoms with E-state index in [-0.39, 0.29) is 5.56 Å². The van der Waals surface area contributed by atoms with Gasteiger partial charge < -0.3 is 10.3 Å². The van der Waals surface area contributed by atoms with Crippen LogP contribution in [0.5, 0.6) is 0 Å². The molecule has 1 saturated heterocycles. The summed E-state index contributed by atoms with van der Waals surface area (Å²) in [6.45, 7) is 5.14. The summed E-state index contributed by atoms with van der Waals surface area (Å²) in [4.78, 5) is 17.0. The molecular weight excluding hydrogens is 334 g/mol. The molecule has 1 aromatic heterocycles. The summed E-state index contributed by atoms with van der Waals surface area (Å²) in [6, 6.07) is 15.7. The third-order valence-electron chi connectivity index (χ3n) is 5.90. The van der Waals surface area contributed by atoms with E-state index in [9.17, 15) is 4.79 Å². The number of H-pyrrole nitrogens is 1. The number of rotatable bonds is 6. The summed E-state index contributed by atoms with van der Waals surface area (Å²) in [6.07, 6.45) is 7.61. The van der Waals surface area contributed by atoms with E-state index in [1.165, 1.54) is 17.6 Å². The second-order valence-corrected chi connectivity index (χ2v) is 7.99. The molecule has 0 amide bonds. The van der Waals surface area contributed by atoms with E-state index in [0.717, 1.165) is 38.0 Å². The third-order valence-corrected chi connectivity index (χ3v) is 5.90. The van der Waals surface area contributed by atoms with Crippen LogP contribution in [0.2, 0.25) is 0 Å². The van der Waals surface area contributed by atoms with Crippen LogP contribution < -0.4 is 10.9 Å². The SMILES string of the molecule is C/C(=C\c1ccccc1)[C@@H]1C[C@H]1NC1CCN(Cc2ccc[nH]c2=O)CC1. The van der Waals surface area contributed by atoms with E-state index in [2.05, 4.69) is 58.5 Å². The largest absolute Gasteiger partial charge is 0.329 e. The first kappa shape index (κ1) is 18.2. The van der Waals surface area contributed by atoms with Gasteiger partial charge in [0.25, 0.3) is 5.56 Å². The average molecular weight is 364 g/mol. The minimum Gasteiger partial charge on any atom is -0.329 e. The highest BCUT2D eigenvalue weighted by Crippen LogP contribution is 2.38. The maximum atomic E-state index is 11.8. The maximum absolute atomic E-state index is 11.8. The number of nitrogens with zero attached hydrogens (tertiary/aromatic N) is 1. The lowest BCUT2D eigenvalue weighted by atomic mass is 10.0. The van der Waals surface area contributed by atoms with E-state index in [1.54, 1.807) is 6.20 Å². The highest BCUT2D eigenvalue weighted by atomic mass is 16.1. The molecule has 2 N–H and O–H groups in total. The molecule has 0 spiro atoms. The van der Waals surface area contributed by atoms with Gasteiger partial charge in [-0.3, -0.25) is 9.69 Å². The number of piperidine rings is 1. The molecule has 0 radical (unpaired) electrons. The zero-order valence-corrected chi connectivity index (χ0v) is 16.0. The normalized spacial score (nSPS) is 24.1. The molecule has 142 valence electrons. The summed E-state index contributed by atoms with van der Waals surface area (Å²) < 4.78 is 0. The molecule has 1 aromatic carbocycles. The van der Waals surface area contributed by atoms with Crippen LogP contribution in [0.15, 0.2) is 59.0 Å². The third kappa shape index (κ3) is 4.76. The van der Waals surface area contributed by atoms with E-state index in [4.69, 9.17) is 0 Å². The lowest BCUT2D eigenvalue weighted by Crippen LogP contribution is -2.43. The quantitative estimate of drug-likeness (QED) is 0.827. The number of aromatic nitrogens is 1. The molecule has 2 aliphatic rings. The van der Waals surface area contributed by atoms with Gasteiger partial charge in [0.2, 0.25) is 0 Å². The molecule has 4 nitrogen and oxygen atoms in total. The van der Waals surface area contributed by atoms with E-state index < -0.39 is 0 Å². The zero-order chi connectivity index (χ0) is 18.6. The molecule has 1 saturated carbocycles. The van der Waals surface area contributed by atoms with Crippen molar-refractivity contribution in [2.45, 2.75) is 44.8 Å². The summed E-state index contributed by atoms with van der Waals surface area (Å²) in [5.74, 6) is 0.686. The monoisotopic (exact) mass is 363 g/mol. The van der Waals surface area contributed by atoms with Gasteiger partial charge in [0.15, 0.2) is 0 Å². The average Bonchev–Trinajstić information content (AvgIpc) is 3.45. The van der Waals surface area contributed by atoms with E-state index in [1.807, 2.05) is 12.1 Å². The Morgan fingerprint density at radius 1 is 1.19 bits per heavy atom. The van der Waals surface area contributed by atoms with Gasteiger partial charge in [0.1, 0.15) is 0 Å². The van der Waals surface area contributed by atoms with Crippen LogP contribution in [0.1, 0.15) is 37.3 Å². The summed E-state index contributed by atoms with van der Waals surface area (Å²) in [5, 5.41) is 3.87. The Balaban J connectivity index is 1.23. The highest BCUT2D eigenvalue weighted by molar-refractivity contribution is 5.53. The number of hydrogen-bond acceptors (Lipinski definition) is 3. The number of likely N-dealkylation sites (tertiary alicyclic amines) is 1. The van der Waals surface area contributed by atoms with Crippen LogP contribution in [0, 0.1) is 5.92 Å². The fourth-order valence-corrected chi connectivity index (χ4v) is 4.18. The van der Waals surface area contributed by atoms with Crippen LogP contribution in [0.4, 0.5) is 0 Å². The molecule has 2 heterocycles. The van der Waals surface area contributed by atoms with Crippen molar-refractivity contribution in [1.82, 2.24) is 15.2 Å². The molecule has 4 heteroatoms. The van der Waals surface area contributed by atoms with Crippen molar-refractivity contribution in [3.63, 3.8) is 0 Å². The Labute approximate surface area is 161 Å². The minimum atomic E-state index is 0.0410. The molecule has 4 rings (SSSR count). The van der Waals surface area contributed by atoms with Crippen LogP contribution >= 0.6 is 0 Å². The first-order valence-electron chi connectivity index (χ1n) is 10.1. The first-order chi connectivity index (χ1) is 13.2. The Bertz CT molecular complexity index is 834. The number of pyridine rings is 1. The highest BCUT2D eigenvalue weighted by Gasteiger charge is 2.39. The maximum Gasteiger partial charge on any atom is 0.252 e. The van der Waals surface area contributed by atoms with Gasteiger partial charge in [0.05, 0.1) is 0 Å². The molecule has 0 unspecified atom stereocenters. The van der Waals surface area contributed by atoms with Crippen molar-refractivity contribution in [3.8, 4) is 0 Å². The first-order valence-corrected chi connectivity index (χ1v) is 10.1. The molecular formula is C23H29N3O. The number of hydrogen-bond donors (Lipinski definition) is 2. The topological polar surface area (TPSA) is 48.1 Å². The number of aromatic amines is 1. The summed E-state index contributed by atoms with van der Waals surface area (Å²) in [5.41, 5.74) is 3.69. The molecule has 0 bridgehead atoms. The number of nitrogens with one attached hydrogen (secondary N) is 2. The molecule has 2 fully saturated rings. The van der Waals surface area contributed by atoms with Crippen LogP contribution in [-0.2, 0) is 6.54 Å². The second kappa shape index (κ2) is 8.24. The Kier molecular flexibility index (Phi) is 5.55. The van der Waals surface area contributed by atoms with Gasteiger partial charge in [-0.05, 0) is 56.8 Å². The van der Waals surface area contributed by atoms with E-state index in [0.29, 0.717) is 18.0 Å². The lowest BCUT2D eigenvalue weighted by Gasteiger charge is -2.32. The van der Waals surface area contributed by atoms with Gasteiger partial charge in [-0.2, -0.15) is 0 Å². The Morgan fingerprint density at radius 2 is 1.96 bits per heavy atom. The Hall–Kier alpha value is -2.17. The van der Waals surface area contributed by atoms with E-state index >= 15 is 0 Å². The van der Waals surface area contributed by atoms with Crippen LogP contribution in [-0.4, -0.2) is 35.1 Å². The van der Waals surface area contributed by atoms with Gasteiger partial charge in [-0.25, -0.2) is 0 Å². The Morgan fingerprint density at radius 3 is 2.70 bits per heavy atom. The fraction of sp³-hybridized carbons (Fsp3) is 0.435. The van der Waals surface area contributed by atoms with Crippen molar-refractivity contribution >= 4 is 6.08 Å². The van der Waals surface area contributed by atoms with Crippen molar-refractivity contribution in [3.05, 3.63) is 75.7 Å². The van der Waals surface area contributed by atoms with Gasteiger partial charge >= 0.3 is 0 Å². The predicted octanol–water partition coefficient (Wildman–Crippen LogP) is 3.42. The fourth-order valence-electron chi connectivity index (χ4n) is 4.18. The van der Waals surface area contributed by atoms with Crippen LogP contribution in [0.3, 0.4) is 0 Å². The molecule has 1 aliphatic heterocycles. The smallest absolute Gasteiger partial charge is 0.252 e. The van der Waals surface area contributed by atoms with Gasteiger partial charge in [0, 0.05) is 30.4 Å². The molecule has 1 aliphatic carbocycles. The van der Waals surface area contributed by atoms with Crippen molar-refractivity contribution < 1.29 is 0 Å². The number of benzene rings is 1. The molecule has 2 atom stereocenters.